The molecule has 1 aromatic carbocycles. The van der Waals surface area contributed by atoms with Gasteiger partial charge in [0.1, 0.15) is 18.1 Å². The zero-order valence-electron chi connectivity index (χ0n) is 12.1. The molecule has 2 atom stereocenters. The molecule has 0 aliphatic heterocycles. The van der Waals surface area contributed by atoms with Crippen molar-refractivity contribution in [2.24, 2.45) is 5.92 Å². The van der Waals surface area contributed by atoms with Crippen LogP contribution in [0.25, 0.3) is 0 Å². The van der Waals surface area contributed by atoms with Crippen LogP contribution in [0.4, 0.5) is 0 Å². The lowest BCUT2D eigenvalue weighted by atomic mass is 9.95. The molecule has 0 saturated heterocycles. The molecule has 2 aliphatic carbocycles. The number of rotatable bonds is 5. The fourth-order valence-corrected chi connectivity index (χ4v) is 3.97. The van der Waals surface area contributed by atoms with Crippen LogP contribution in [-0.2, 0) is 25.0 Å². The quantitative estimate of drug-likeness (QED) is 0.887. The first-order chi connectivity index (χ1) is 10.3. The Morgan fingerprint density at radius 3 is 2.90 bits per heavy atom. The van der Waals surface area contributed by atoms with E-state index in [1.165, 1.54) is 19.3 Å². The van der Waals surface area contributed by atoms with Crippen molar-refractivity contribution in [3.05, 3.63) is 59.0 Å². The van der Waals surface area contributed by atoms with Crippen LogP contribution in [0.1, 0.15) is 35.5 Å². The van der Waals surface area contributed by atoms with E-state index < -0.39 is 0 Å². The normalized spacial score (nSPS) is 26.2. The van der Waals surface area contributed by atoms with Gasteiger partial charge < -0.3 is 14.8 Å². The fourth-order valence-electron chi connectivity index (χ4n) is 3.97. The number of aryl methyl sites for hydroxylation is 1. The molecule has 3 heteroatoms. The molecule has 21 heavy (non-hydrogen) atoms. The summed E-state index contributed by atoms with van der Waals surface area (Å²) >= 11 is 0. The zero-order valence-corrected chi connectivity index (χ0v) is 12.1. The van der Waals surface area contributed by atoms with Gasteiger partial charge in [0.05, 0.1) is 6.54 Å². The molecule has 110 valence electrons. The van der Waals surface area contributed by atoms with Gasteiger partial charge in [-0.25, -0.2) is 0 Å². The minimum Gasteiger partial charge on any atom is -0.462 e. The minimum absolute atomic E-state index is 0.0253. The molecular weight excluding hydrogens is 262 g/mol. The number of nitrogens with one attached hydrogen (secondary N) is 1. The summed E-state index contributed by atoms with van der Waals surface area (Å²) < 4.78 is 5.50. The Morgan fingerprint density at radius 1 is 1.19 bits per heavy atom. The first-order valence-corrected chi connectivity index (χ1v) is 7.79. The second-order valence-corrected chi connectivity index (χ2v) is 6.37. The lowest BCUT2D eigenvalue weighted by Crippen LogP contribution is -2.20. The Bertz CT molecular complexity index is 648. The van der Waals surface area contributed by atoms with Crippen LogP contribution in [-0.4, -0.2) is 11.7 Å². The number of furan rings is 1. The maximum absolute atomic E-state index is 8.99. The number of hydrogen-bond donors (Lipinski definition) is 2. The molecule has 1 aromatic heterocycles. The Kier molecular flexibility index (Phi) is 3.12. The second-order valence-electron chi connectivity index (χ2n) is 6.37. The van der Waals surface area contributed by atoms with Gasteiger partial charge in [0.25, 0.3) is 0 Å². The van der Waals surface area contributed by atoms with Crippen molar-refractivity contribution in [1.29, 1.82) is 0 Å². The van der Waals surface area contributed by atoms with E-state index in [-0.39, 0.29) is 6.61 Å². The van der Waals surface area contributed by atoms with Gasteiger partial charge >= 0.3 is 0 Å². The first-order valence-electron chi connectivity index (χ1n) is 7.79. The first kappa shape index (κ1) is 13.1. The number of aliphatic hydroxyl groups is 1. The summed E-state index contributed by atoms with van der Waals surface area (Å²) in [6.07, 6.45) is 3.87. The van der Waals surface area contributed by atoms with Gasteiger partial charge in [-0.05, 0) is 55.0 Å². The molecule has 2 aromatic rings. The van der Waals surface area contributed by atoms with E-state index >= 15 is 0 Å². The van der Waals surface area contributed by atoms with Crippen molar-refractivity contribution in [1.82, 2.24) is 5.32 Å². The number of aliphatic hydroxyl groups excluding tert-OH is 1. The highest BCUT2D eigenvalue weighted by Gasteiger charge is 2.57. The van der Waals surface area contributed by atoms with Crippen LogP contribution >= 0.6 is 0 Å². The molecule has 3 nitrogen and oxygen atoms in total. The molecule has 1 heterocycles. The van der Waals surface area contributed by atoms with Gasteiger partial charge in [0.2, 0.25) is 0 Å². The smallest absolute Gasteiger partial charge is 0.129 e. The van der Waals surface area contributed by atoms with E-state index in [9.17, 15) is 0 Å². The number of fused-ring (bicyclic) bond motifs is 2. The SMILES string of the molecule is OCc1ccc(CNC[C@@H]2C[C@@]23CCc2ccccc23)o1. The molecule has 2 N–H and O–H groups in total. The summed E-state index contributed by atoms with van der Waals surface area (Å²) in [6, 6.07) is 12.7. The van der Waals surface area contributed by atoms with E-state index in [0.29, 0.717) is 11.2 Å². The van der Waals surface area contributed by atoms with Crippen molar-refractivity contribution >= 4 is 0 Å². The standard InChI is InChI=1S/C18H21NO2/c20-12-16-6-5-15(21-16)11-19-10-14-9-18(14)8-7-13-3-1-2-4-17(13)18/h1-6,14,19-20H,7-12H2/t14-,18-/m0/s1. The summed E-state index contributed by atoms with van der Waals surface area (Å²) in [5.74, 6) is 2.30. The maximum Gasteiger partial charge on any atom is 0.129 e. The third-order valence-electron chi connectivity index (χ3n) is 5.19. The average Bonchev–Trinajstić information content (AvgIpc) is 2.85. The summed E-state index contributed by atoms with van der Waals surface area (Å²) in [5, 5.41) is 12.5. The molecule has 0 bridgehead atoms. The predicted octanol–water partition coefficient (Wildman–Crippen LogP) is 2.77. The third-order valence-corrected chi connectivity index (χ3v) is 5.19. The highest BCUT2D eigenvalue weighted by Crippen LogP contribution is 2.61. The number of hydrogen-bond acceptors (Lipinski definition) is 3. The molecule has 0 radical (unpaired) electrons. The van der Waals surface area contributed by atoms with E-state index in [1.54, 1.807) is 11.1 Å². The van der Waals surface area contributed by atoms with E-state index in [4.69, 9.17) is 9.52 Å². The summed E-state index contributed by atoms with van der Waals surface area (Å²) in [4.78, 5) is 0. The average molecular weight is 283 g/mol. The van der Waals surface area contributed by atoms with Gasteiger partial charge in [-0.1, -0.05) is 24.3 Å². The molecular formula is C18H21NO2. The van der Waals surface area contributed by atoms with Crippen molar-refractivity contribution < 1.29 is 9.52 Å². The van der Waals surface area contributed by atoms with Crippen LogP contribution in [0.15, 0.2) is 40.8 Å². The molecule has 0 amide bonds. The second kappa shape index (κ2) is 5.00. The third kappa shape index (κ3) is 2.21. The zero-order chi connectivity index (χ0) is 14.3. The molecule has 0 unspecified atom stereocenters. The highest BCUT2D eigenvalue weighted by molar-refractivity contribution is 5.45. The van der Waals surface area contributed by atoms with Crippen LogP contribution in [0.3, 0.4) is 0 Å². The van der Waals surface area contributed by atoms with Gasteiger partial charge in [-0.3, -0.25) is 0 Å². The van der Waals surface area contributed by atoms with Crippen LogP contribution in [0.5, 0.6) is 0 Å². The van der Waals surface area contributed by atoms with Crippen LogP contribution in [0, 0.1) is 5.92 Å². The Labute approximate surface area is 125 Å². The minimum atomic E-state index is -0.0253. The Morgan fingerprint density at radius 2 is 2.05 bits per heavy atom. The van der Waals surface area contributed by atoms with E-state index in [1.807, 2.05) is 12.1 Å². The van der Waals surface area contributed by atoms with Gasteiger partial charge in [0.15, 0.2) is 0 Å². The molecule has 4 rings (SSSR count). The van der Waals surface area contributed by atoms with Gasteiger partial charge in [0, 0.05) is 5.41 Å². The molecule has 1 fully saturated rings. The molecule has 1 saturated carbocycles. The van der Waals surface area contributed by atoms with Crippen molar-refractivity contribution in [2.75, 3.05) is 6.54 Å². The van der Waals surface area contributed by atoms with Gasteiger partial charge in [-0.15, -0.1) is 0 Å². The Hall–Kier alpha value is -1.58. The van der Waals surface area contributed by atoms with E-state index in [0.717, 1.165) is 24.8 Å². The number of benzene rings is 1. The lowest BCUT2D eigenvalue weighted by Gasteiger charge is -2.11. The summed E-state index contributed by atoms with van der Waals surface area (Å²) in [7, 11) is 0. The molecule has 1 spiro atoms. The van der Waals surface area contributed by atoms with E-state index in [2.05, 4.69) is 29.6 Å². The maximum atomic E-state index is 8.99. The lowest BCUT2D eigenvalue weighted by molar-refractivity contribution is 0.242. The monoisotopic (exact) mass is 283 g/mol. The van der Waals surface area contributed by atoms with Gasteiger partial charge in [-0.2, -0.15) is 0 Å². The summed E-state index contributed by atoms with van der Waals surface area (Å²) in [6.45, 7) is 1.76. The fraction of sp³-hybridized carbons (Fsp3) is 0.444. The van der Waals surface area contributed by atoms with Crippen molar-refractivity contribution in [3.63, 3.8) is 0 Å². The summed E-state index contributed by atoms with van der Waals surface area (Å²) in [5.41, 5.74) is 3.61. The topological polar surface area (TPSA) is 45.4 Å². The van der Waals surface area contributed by atoms with Crippen molar-refractivity contribution in [3.8, 4) is 0 Å². The van der Waals surface area contributed by atoms with Crippen LogP contribution < -0.4 is 5.32 Å². The predicted molar refractivity (Wildman–Crippen MR) is 80.9 cm³/mol. The van der Waals surface area contributed by atoms with Crippen molar-refractivity contribution in [2.45, 2.75) is 37.8 Å². The highest BCUT2D eigenvalue weighted by atomic mass is 16.4. The largest absolute Gasteiger partial charge is 0.462 e. The van der Waals surface area contributed by atoms with Crippen LogP contribution in [0.2, 0.25) is 0 Å². The molecule has 2 aliphatic rings. The Balaban J connectivity index is 1.34.